The van der Waals surface area contributed by atoms with Crippen LogP contribution in [0.4, 0.5) is 5.69 Å². The minimum atomic E-state index is -3.75. The van der Waals surface area contributed by atoms with Gasteiger partial charge in [0.05, 0.1) is 24.6 Å². The number of aromatic nitrogens is 2. The molecule has 8 heteroatoms. The van der Waals surface area contributed by atoms with Crippen molar-refractivity contribution in [1.82, 2.24) is 15.3 Å². The summed E-state index contributed by atoms with van der Waals surface area (Å²) in [6, 6.07) is 3.06. The zero-order valence-electron chi connectivity index (χ0n) is 11.0. The molecule has 0 bridgehead atoms. The van der Waals surface area contributed by atoms with Crippen molar-refractivity contribution in [2.75, 3.05) is 11.3 Å². The Morgan fingerprint density at radius 3 is 2.70 bits per heavy atom. The maximum Gasteiger partial charge on any atom is 0.295 e. The second kappa shape index (κ2) is 6.49. The van der Waals surface area contributed by atoms with Gasteiger partial charge in [0, 0.05) is 0 Å². The molecule has 0 saturated heterocycles. The normalized spacial score (nSPS) is 11.4. The lowest BCUT2D eigenvalue weighted by Crippen LogP contribution is -2.14. The van der Waals surface area contributed by atoms with E-state index in [2.05, 4.69) is 26.9 Å². The van der Waals surface area contributed by atoms with Crippen molar-refractivity contribution in [3.05, 3.63) is 36.6 Å². The lowest BCUT2D eigenvalue weighted by atomic mass is 10.4. The molecule has 2 heterocycles. The molecule has 2 aromatic heterocycles. The average Bonchev–Trinajstić information content (AvgIpc) is 2.89. The van der Waals surface area contributed by atoms with E-state index in [0.717, 1.165) is 13.0 Å². The number of nitrogens with one attached hydrogen (secondary N) is 2. The summed E-state index contributed by atoms with van der Waals surface area (Å²) in [5.41, 5.74) is 0.287. The van der Waals surface area contributed by atoms with Crippen LogP contribution < -0.4 is 10.0 Å². The zero-order valence-corrected chi connectivity index (χ0v) is 11.9. The Morgan fingerprint density at radius 2 is 2.00 bits per heavy atom. The third-order valence-corrected chi connectivity index (χ3v) is 3.69. The van der Waals surface area contributed by atoms with Crippen LogP contribution in [-0.4, -0.2) is 24.9 Å². The van der Waals surface area contributed by atoms with Gasteiger partial charge in [-0.1, -0.05) is 6.92 Å². The molecule has 0 atom stereocenters. The third-order valence-electron chi connectivity index (χ3n) is 2.44. The van der Waals surface area contributed by atoms with Gasteiger partial charge in [-0.15, -0.1) is 0 Å². The average molecular weight is 296 g/mol. The van der Waals surface area contributed by atoms with Crippen LogP contribution in [0.5, 0.6) is 0 Å². The Bertz CT molecular complexity index is 640. The predicted octanol–water partition coefficient (Wildman–Crippen LogP) is 1.37. The number of sulfonamides is 1. The monoisotopic (exact) mass is 296 g/mol. The SMILES string of the molecule is CCCNCc1ccc(S(=O)(=O)Nc2cncnc2)o1. The molecule has 0 fully saturated rings. The maximum absolute atomic E-state index is 12.1. The minimum Gasteiger partial charge on any atom is -0.446 e. The number of hydrogen-bond acceptors (Lipinski definition) is 6. The Labute approximate surface area is 117 Å². The van der Waals surface area contributed by atoms with Gasteiger partial charge in [-0.3, -0.25) is 4.72 Å². The molecule has 0 unspecified atom stereocenters. The van der Waals surface area contributed by atoms with Crippen molar-refractivity contribution in [1.29, 1.82) is 0 Å². The van der Waals surface area contributed by atoms with Crippen molar-refractivity contribution >= 4 is 15.7 Å². The van der Waals surface area contributed by atoms with E-state index in [4.69, 9.17) is 4.42 Å². The lowest BCUT2D eigenvalue weighted by Gasteiger charge is -2.04. The Morgan fingerprint density at radius 1 is 1.25 bits per heavy atom. The molecule has 0 spiro atoms. The van der Waals surface area contributed by atoms with Gasteiger partial charge in [-0.2, -0.15) is 8.42 Å². The minimum absolute atomic E-state index is 0.130. The molecular weight excluding hydrogens is 280 g/mol. The molecule has 2 N–H and O–H groups in total. The number of hydrogen-bond donors (Lipinski definition) is 2. The molecule has 0 amide bonds. The predicted molar refractivity (Wildman–Crippen MR) is 73.5 cm³/mol. The molecule has 0 saturated carbocycles. The van der Waals surface area contributed by atoms with E-state index in [-0.39, 0.29) is 10.8 Å². The highest BCUT2D eigenvalue weighted by Crippen LogP contribution is 2.17. The highest BCUT2D eigenvalue weighted by Gasteiger charge is 2.19. The first-order valence-electron chi connectivity index (χ1n) is 6.19. The fraction of sp³-hybridized carbons (Fsp3) is 0.333. The van der Waals surface area contributed by atoms with Crippen LogP contribution in [-0.2, 0) is 16.6 Å². The van der Waals surface area contributed by atoms with Gasteiger partial charge in [0.2, 0.25) is 5.09 Å². The van der Waals surface area contributed by atoms with Crippen LogP contribution >= 0.6 is 0 Å². The summed E-state index contributed by atoms with van der Waals surface area (Å²) < 4.78 is 31.8. The van der Waals surface area contributed by atoms with E-state index < -0.39 is 10.0 Å². The molecule has 0 aromatic carbocycles. The summed E-state index contributed by atoms with van der Waals surface area (Å²) in [7, 11) is -3.75. The number of nitrogens with zero attached hydrogens (tertiary/aromatic N) is 2. The van der Waals surface area contributed by atoms with Crippen LogP contribution in [0.2, 0.25) is 0 Å². The number of rotatable bonds is 7. The Balaban J connectivity index is 2.06. The fourth-order valence-corrected chi connectivity index (χ4v) is 2.52. The van der Waals surface area contributed by atoms with E-state index in [1.54, 1.807) is 6.07 Å². The highest BCUT2D eigenvalue weighted by molar-refractivity contribution is 7.92. The smallest absolute Gasteiger partial charge is 0.295 e. The summed E-state index contributed by atoms with van der Waals surface area (Å²) in [6.45, 7) is 3.40. The van der Waals surface area contributed by atoms with Crippen molar-refractivity contribution in [2.24, 2.45) is 0 Å². The molecule has 0 aliphatic heterocycles. The fourth-order valence-electron chi connectivity index (χ4n) is 1.54. The largest absolute Gasteiger partial charge is 0.446 e. The first-order valence-corrected chi connectivity index (χ1v) is 7.67. The van der Waals surface area contributed by atoms with E-state index in [0.29, 0.717) is 12.3 Å². The molecule has 20 heavy (non-hydrogen) atoms. The van der Waals surface area contributed by atoms with Crippen LogP contribution in [0.15, 0.2) is 40.4 Å². The van der Waals surface area contributed by atoms with Gasteiger partial charge in [0.1, 0.15) is 12.1 Å². The Kier molecular flexibility index (Phi) is 4.70. The van der Waals surface area contributed by atoms with Crippen molar-refractivity contribution < 1.29 is 12.8 Å². The summed E-state index contributed by atoms with van der Waals surface area (Å²) in [6.07, 6.45) is 5.07. The molecular formula is C12H16N4O3S. The quantitative estimate of drug-likeness (QED) is 0.749. The molecule has 2 aromatic rings. The summed E-state index contributed by atoms with van der Waals surface area (Å²) >= 11 is 0. The third kappa shape index (κ3) is 3.78. The molecule has 108 valence electrons. The summed E-state index contributed by atoms with van der Waals surface area (Å²) in [4.78, 5) is 7.48. The van der Waals surface area contributed by atoms with Crippen molar-refractivity contribution in [2.45, 2.75) is 25.0 Å². The van der Waals surface area contributed by atoms with Crippen molar-refractivity contribution in [3.8, 4) is 0 Å². The second-order valence-electron chi connectivity index (χ2n) is 4.13. The molecule has 0 aliphatic carbocycles. The first kappa shape index (κ1) is 14.5. The second-order valence-corrected chi connectivity index (χ2v) is 5.74. The Hall–Kier alpha value is -1.93. The topological polar surface area (TPSA) is 97.1 Å². The first-order chi connectivity index (χ1) is 9.62. The van der Waals surface area contributed by atoms with E-state index in [1.165, 1.54) is 24.8 Å². The summed E-state index contributed by atoms with van der Waals surface area (Å²) in [5, 5.41) is 3.01. The molecule has 7 nitrogen and oxygen atoms in total. The van der Waals surface area contributed by atoms with Gasteiger partial charge >= 0.3 is 0 Å². The van der Waals surface area contributed by atoms with Crippen LogP contribution in [0.3, 0.4) is 0 Å². The highest BCUT2D eigenvalue weighted by atomic mass is 32.2. The van der Waals surface area contributed by atoms with Gasteiger partial charge in [-0.25, -0.2) is 9.97 Å². The molecule has 0 aliphatic rings. The van der Waals surface area contributed by atoms with Crippen LogP contribution in [0.1, 0.15) is 19.1 Å². The lowest BCUT2D eigenvalue weighted by molar-refractivity contribution is 0.403. The maximum atomic E-state index is 12.1. The van der Waals surface area contributed by atoms with Gasteiger partial charge in [-0.05, 0) is 25.1 Å². The number of furan rings is 1. The van der Waals surface area contributed by atoms with E-state index in [1.807, 2.05) is 0 Å². The molecule has 0 radical (unpaired) electrons. The molecule has 2 rings (SSSR count). The van der Waals surface area contributed by atoms with Crippen molar-refractivity contribution in [3.63, 3.8) is 0 Å². The van der Waals surface area contributed by atoms with Crippen LogP contribution in [0, 0.1) is 0 Å². The van der Waals surface area contributed by atoms with Gasteiger partial charge in [0.15, 0.2) is 0 Å². The van der Waals surface area contributed by atoms with Gasteiger partial charge < -0.3 is 9.73 Å². The van der Waals surface area contributed by atoms with E-state index in [9.17, 15) is 8.42 Å². The zero-order chi connectivity index (χ0) is 14.4. The van der Waals surface area contributed by atoms with E-state index >= 15 is 0 Å². The standard InChI is InChI=1S/C12H16N4O3S/c1-2-5-13-8-11-3-4-12(19-11)20(17,18)16-10-6-14-9-15-7-10/h3-4,6-7,9,13,16H,2,5,8H2,1H3. The number of anilines is 1. The van der Waals surface area contributed by atoms with Gasteiger partial charge in [0.25, 0.3) is 10.0 Å². The van der Waals surface area contributed by atoms with Crippen LogP contribution in [0.25, 0.3) is 0 Å². The summed E-state index contributed by atoms with van der Waals surface area (Å²) in [5.74, 6) is 0.572.